The predicted molar refractivity (Wildman–Crippen MR) is 103 cm³/mol. The minimum atomic E-state index is -0.918. The summed E-state index contributed by atoms with van der Waals surface area (Å²) in [6.45, 7) is 0.631. The number of ether oxygens (including phenoxy) is 1. The van der Waals surface area contributed by atoms with Crippen molar-refractivity contribution >= 4 is 35.9 Å². The van der Waals surface area contributed by atoms with Gasteiger partial charge < -0.3 is 20.5 Å². The van der Waals surface area contributed by atoms with Crippen LogP contribution in [0.1, 0.15) is 25.7 Å². The van der Waals surface area contributed by atoms with Crippen molar-refractivity contribution in [1.82, 2.24) is 4.90 Å². The van der Waals surface area contributed by atoms with E-state index in [2.05, 4.69) is 0 Å². The molecule has 2 rings (SSSR count). The zero-order valence-corrected chi connectivity index (χ0v) is 16.1. The summed E-state index contributed by atoms with van der Waals surface area (Å²) in [6.07, 6.45) is 2.22. The Morgan fingerprint density at radius 2 is 2.00 bits per heavy atom. The maximum atomic E-state index is 12.9. The highest BCUT2D eigenvalue weighted by molar-refractivity contribution is 5.97. The molecular weight excluding hydrogens is 374 g/mol. The van der Waals surface area contributed by atoms with Gasteiger partial charge in [-0.15, -0.1) is 12.4 Å². The number of anilines is 1. The number of benzene rings is 1. The molecule has 8 nitrogen and oxygen atoms in total. The second kappa shape index (κ2) is 10.7. The van der Waals surface area contributed by atoms with Crippen molar-refractivity contribution in [2.75, 3.05) is 31.6 Å². The molecule has 0 aromatic heterocycles. The largest absolute Gasteiger partial charge is 0.495 e. The maximum absolute atomic E-state index is 12.9. The highest BCUT2D eigenvalue weighted by Crippen LogP contribution is 2.28. The molecule has 0 spiro atoms. The second-order valence-corrected chi connectivity index (χ2v) is 6.25. The van der Waals surface area contributed by atoms with Gasteiger partial charge in [0.05, 0.1) is 19.3 Å². The Morgan fingerprint density at radius 1 is 1.30 bits per heavy atom. The molecule has 0 bridgehead atoms. The predicted octanol–water partition coefficient (Wildman–Crippen LogP) is 1.26. The summed E-state index contributed by atoms with van der Waals surface area (Å²) in [6, 6.07) is 6.33. The van der Waals surface area contributed by atoms with E-state index in [1.165, 1.54) is 12.0 Å². The first-order valence-electron chi connectivity index (χ1n) is 8.62. The topological polar surface area (TPSA) is 113 Å². The van der Waals surface area contributed by atoms with Crippen LogP contribution in [0.2, 0.25) is 0 Å². The normalized spacial score (nSPS) is 16.9. The molecule has 0 saturated carbocycles. The number of primary amides is 1. The molecule has 9 heteroatoms. The fraction of sp³-hybridized carbons (Fsp3) is 0.500. The summed E-state index contributed by atoms with van der Waals surface area (Å²) in [7, 11) is 1.50. The number of methoxy groups -OCH3 is 1. The number of para-hydroxylation sites is 2. The van der Waals surface area contributed by atoms with Gasteiger partial charge in [-0.1, -0.05) is 18.6 Å². The zero-order chi connectivity index (χ0) is 19.1. The van der Waals surface area contributed by atoms with Crippen molar-refractivity contribution in [1.29, 1.82) is 0 Å². The van der Waals surface area contributed by atoms with E-state index in [9.17, 15) is 19.5 Å². The molecule has 1 aliphatic heterocycles. The lowest BCUT2D eigenvalue weighted by Gasteiger charge is -2.34. The van der Waals surface area contributed by atoms with Gasteiger partial charge >= 0.3 is 5.97 Å². The van der Waals surface area contributed by atoms with Crippen molar-refractivity contribution in [2.45, 2.75) is 31.7 Å². The molecule has 27 heavy (non-hydrogen) atoms. The number of aliphatic carboxylic acids is 1. The van der Waals surface area contributed by atoms with E-state index >= 15 is 0 Å². The number of nitrogens with two attached hydrogens (primary N) is 1. The lowest BCUT2D eigenvalue weighted by Crippen LogP contribution is -2.50. The van der Waals surface area contributed by atoms with E-state index in [0.717, 1.165) is 12.8 Å². The first kappa shape index (κ1) is 22.7. The van der Waals surface area contributed by atoms with E-state index in [-0.39, 0.29) is 37.8 Å². The number of nitrogens with zero attached hydrogens (tertiary/aromatic N) is 2. The van der Waals surface area contributed by atoms with Crippen LogP contribution in [-0.2, 0) is 14.4 Å². The highest BCUT2D eigenvalue weighted by atomic mass is 35.5. The van der Waals surface area contributed by atoms with Gasteiger partial charge in [-0.2, -0.15) is 0 Å². The SMILES string of the molecule is COc1ccccc1N(CCC(N)=O)C(=O)CN1CCCCC1C(=O)O.Cl. The van der Waals surface area contributed by atoms with Gasteiger partial charge in [-0.3, -0.25) is 19.3 Å². The molecule has 1 unspecified atom stereocenters. The fourth-order valence-electron chi connectivity index (χ4n) is 3.17. The van der Waals surface area contributed by atoms with E-state index in [1.54, 1.807) is 29.2 Å². The number of piperidine rings is 1. The smallest absolute Gasteiger partial charge is 0.320 e. The van der Waals surface area contributed by atoms with Crippen LogP contribution in [-0.4, -0.2) is 60.6 Å². The Morgan fingerprint density at radius 3 is 2.63 bits per heavy atom. The summed E-state index contributed by atoms with van der Waals surface area (Å²) < 4.78 is 5.31. The third-order valence-corrected chi connectivity index (χ3v) is 4.50. The van der Waals surface area contributed by atoms with Crippen LogP contribution in [0.25, 0.3) is 0 Å². The molecule has 2 amide bonds. The summed E-state index contributed by atoms with van der Waals surface area (Å²) in [5.41, 5.74) is 5.77. The number of rotatable bonds is 8. The van der Waals surface area contributed by atoms with Gasteiger partial charge in [-0.05, 0) is 31.5 Å². The molecule has 1 aromatic carbocycles. The number of hydrogen-bond donors (Lipinski definition) is 2. The third kappa shape index (κ3) is 6.11. The first-order chi connectivity index (χ1) is 12.4. The number of likely N-dealkylation sites (tertiary alicyclic amines) is 1. The van der Waals surface area contributed by atoms with Gasteiger partial charge in [0.1, 0.15) is 11.8 Å². The fourth-order valence-corrected chi connectivity index (χ4v) is 3.17. The molecule has 150 valence electrons. The summed E-state index contributed by atoms with van der Waals surface area (Å²) in [5.74, 6) is -1.22. The zero-order valence-electron chi connectivity index (χ0n) is 15.3. The molecule has 1 aliphatic rings. The van der Waals surface area contributed by atoms with Crippen LogP contribution in [0.15, 0.2) is 24.3 Å². The third-order valence-electron chi connectivity index (χ3n) is 4.50. The molecule has 1 aromatic rings. The van der Waals surface area contributed by atoms with Gasteiger partial charge in [-0.25, -0.2) is 0 Å². The van der Waals surface area contributed by atoms with Crippen LogP contribution >= 0.6 is 12.4 Å². The number of halogens is 1. The van der Waals surface area contributed by atoms with Crippen LogP contribution in [0.5, 0.6) is 5.75 Å². The highest BCUT2D eigenvalue weighted by Gasteiger charge is 2.31. The Labute approximate surface area is 164 Å². The Hall–Kier alpha value is -2.32. The van der Waals surface area contributed by atoms with Crippen LogP contribution in [0.4, 0.5) is 5.69 Å². The minimum absolute atomic E-state index is 0. The lowest BCUT2D eigenvalue weighted by atomic mass is 10.0. The van der Waals surface area contributed by atoms with Crippen molar-refractivity contribution in [3.8, 4) is 5.75 Å². The van der Waals surface area contributed by atoms with Gasteiger partial charge in [0, 0.05) is 13.0 Å². The molecule has 0 aliphatic carbocycles. The Kier molecular flexibility index (Phi) is 9.04. The van der Waals surface area contributed by atoms with Crippen LogP contribution in [0.3, 0.4) is 0 Å². The van der Waals surface area contributed by atoms with Crippen LogP contribution in [0, 0.1) is 0 Å². The van der Waals surface area contributed by atoms with E-state index in [4.69, 9.17) is 10.5 Å². The van der Waals surface area contributed by atoms with Crippen LogP contribution < -0.4 is 15.4 Å². The molecule has 1 fully saturated rings. The number of amides is 2. The molecule has 1 saturated heterocycles. The average molecular weight is 400 g/mol. The Balaban J connectivity index is 0.00000364. The van der Waals surface area contributed by atoms with Gasteiger partial charge in [0.2, 0.25) is 11.8 Å². The number of hydrogen-bond acceptors (Lipinski definition) is 5. The van der Waals surface area contributed by atoms with Crippen molar-refractivity contribution in [2.24, 2.45) is 5.73 Å². The standard InChI is InChI=1S/C18H25N3O5.ClH/c1-26-15-8-3-2-6-13(15)21(11-9-16(19)22)17(23)12-20-10-5-4-7-14(20)18(24)25;/h2-3,6,8,14H,4-5,7,9-12H2,1H3,(H2,19,22)(H,24,25);1H. The minimum Gasteiger partial charge on any atom is -0.495 e. The van der Waals surface area contributed by atoms with Gasteiger partial charge in [0.15, 0.2) is 0 Å². The molecule has 1 atom stereocenters. The van der Waals surface area contributed by atoms with E-state index in [1.807, 2.05) is 0 Å². The van der Waals surface area contributed by atoms with E-state index in [0.29, 0.717) is 24.4 Å². The van der Waals surface area contributed by atoms with Crippen molar-refractivity contribution in [3.63, 3.8) is 0 Å². The number of carboxylic acids is 1. The van der Waals surface area contributed by atoms with Crippen molar-refractivity contribution < 1.29 is 24.2 Å². The first-order valence-corrected chi connectivity index (χ1v) is 8.62. The number of carbonyl (C=O) groups is 3. The van der Waals surface area contributed by atoms with Crippen molar-refractivity contribution in [3.05, 3.63) is 24.3 Å². The molecule has 1 heterocycles. The Bertz CT molecular complexity index is 670. The monoisotopic (exact) mass is 399 g/mol. The average Bonchev–Trinajstić information content (AvgIpc) is 2.62. The van der Waals surface area contributed by atoms with Gasteiger partial charge in [0.25, 0.3) is 0 Å². The number of carboxylic acid groups (broad SMARTS) is 1. The van der Waals surface area contributed by atoms with E-state index < -0.39 is 17.9 Å². The molecule has 0 radical (unpaired) electrons. The summed E-state index contributed by atoms with van der Waals surface area (Å²) in [5, 5.41) is 9.39. The second-order valence-electron chi connectivity index (χ2n) is 6.25. The molecular formula is C18H26ClN3O5. The number of carbonyl (C=O) groups excluding carboxylic acids is 2. The summed E-state index contributed by atoms with van der Waals surface area (Å²) >= 11 is 0. The lowest BCUT2D eigenvalue weighted by molar-refractivity contribution is -0.145. The molecule has 3 N–H and O–H groups in total. The maximum Gasteiger partial charge on any atom is 0.320 e. The summed E-state index contributed by atoms with van der Waals surface area (Å²) in [4.78, 5) is 38.7. The quantitative estimate of drug-likeness (QED) is 0.680.